The Bertz CT molecular complexity index is 812. The van der Waals surface area contributed by atoms with Crippen molar-refractivity contribution in [2.75, 3.05) is 11.5 Å². The minimum Gasteiger partial charge on any atom is -0.493 e. The summed E-state index contributed by atoms with van der Waals surface area (Å²) in [5.41, 5.74) is 2.82. The topological polar surface area (TPSA) is 29.5 Å². The number of para-hydroxylation sites is 1. The maximum atomic E-state index is 12.8. The van der Waals surface area contributed by atoms with Crippen LogP contribution in [0.3, 0.4) is 0 Å². The highest BCUT2D eigenvalue weighted by atomic mass is 32.2. The molecule has 3 nitrogen and oxygen atoms in total. The molecule has 0 radical (unpaired) electrons. The van der Waals surface area contributed by atoms with E-state index in [0.29, 0.717) is 15.8 Å². The van der Waals surface area contributed by atoms with Gasteiger partial charge in [0.25, 0.3) is 5.91 Å². The number of nitrogens with zero attached hydrogens (tertiary/aromatic N) is 1. The van der Waals surface area contributed by atoms with Crippen LogP contribution in [-0.4, -0.2) is 16.8 Å². The fourth-order valence-electron chi connectivity index (χ4n) is 2.41. The van der Waals surface area contributed by atoms with Gasteiger partial charge in [-0.1, -0.05) is 59.9 Å². The van der Waals surface area contributed by atoms with Gasteiger partial charge < -0.3 is 4.74 Å². The Balaban J connectivity index is 1.93. The van der Waals surface area contributed by atoms with E-state index in [2.05, 4.69) is 0 Å². The molecule has 0 aromatic heterocycles. The summed E-state index contributed by atoms with van der Waals surface area (Å²) < 4.78 is 6.17. The Kier molecular flexibility index (Phi) is 5.02. The van der Waals surface area contributed by atoms with Crippen molar-refractivity contribution in [2.24, 2.45) is 0 Å². The van der Waals surface area contributed by atoms with Gasteiger partial charge in [-0.15, -0.1) is 0 Å². The van der Waals surface area contributed by atoms with Gasteiger partial charge >= 0.3 is 0 Å². The third kappa shape index (κ3) is 3.37. The number of hydrogen-bond donors (Lipinski definition) is 0. The highest BCUT2D eigenvalue weighted by Gasteiger charge is 2.33. The minimum atomic E-state index is -0.0971. The second-order valence-corrected chi connectivity index (χ2v) is 7.00. The van der Waals surface area contributed by atoms with Crippen molar-refractivity contribution in [1.82, 2.24) is 0 Å². The number of carbonyl (C=O) groups excluding carboxylic acids is 1. The summed E-state index contributed by atoms with van der Waals surface area (Å²) in [5, 5.41) is 0. The van der Waals surface area contributed by atoms with Crippen LogP contribution in [-0.2, 0) is 4.79 Å². The standard InChI is InChI=1S/C19H17NO2S2/c1-3-22-16-7-5-4-6-14(16)12-17-18(21)20(19(23)24-17)15-10-8-13(2)9-11-15/h4-12H,3H2,1-2H3/b17-12-. The van der Waals surface area contributed by atoms with E-state index in [9.17, 15) is 4.79 Å². The highest BCUT2D eigenvalue weighted by molar-refractivity contribution is 8.27. The number of rotatable bonds is 4. The zero-order chi connectivity index (χ0) is 17.1. The maximum absolute atomic E-state index is 12.8. The van der Waals surface area contributed by atoms with Gasteiger partial charge in [0, 0.05) is 5.56 Å². The van der Waals surface area contributed by atoms with Crippen molar-refractivity contribution in [3.63, 3.8) is 0 Å². The molecule has 0 aliphatic carbocycles. The molecule has 3 rings (SSSR count). The number of anilines is 1. The van der Waals surface area contributed by atoms with Gasteiger partial charge in [0.05, 0.1) is 17.2 Å². The Morgan fingerprint density at radius 2 is 1.88 bits per heavy atom. The molecule has 24 heavy (non-hydrogen) atoms. The zero-order valence-electron chi connectivity index (χ0n) is 13.5. The third-order valence-corrected chi connectivity index (χ3v) is 4.89. The lowest BCUT2D eigenvalue weighted by molar-refractivity contribution is -0.113. The van der Waals surface area contributed by atoms with Crippen LogP contribution in [0.25, 0.3) is 6.08 Å². The predicted octanol–water partition coefficient (Wildman–Crippen LogP) is 4.80. The van der Waals surface area contributed by atoms with Crippen LogP contribution < -0.4 is 9.64 Å². The molecule has 1 saturated heterocycles. The van der Waals surface area contributed by atoms with Crippen molar-refractivity contribution in [2.45, 2.75) is 13.8 Å². The molecule has 5 heteroatoms. The number of carbonyl (C=O) groups is 1. The number of aryl methyl sites for hydroxylation is 1. The van der Waals surface area contributed by atoms with E-state index in [4.69, 9.17) is 17.0 Å². The molecule has 1 aliphatic rings. The molecule has 1 amide bonds. The second kappa shape index (κ2) is 7.20. The number of thioether (sulfide) groups is 1. The highest BCUT2D eigenvalue weighted by Crippen LogP contribution is 2.37. The van der Waals surface area contributed by atoms with Crippen LogP contribution in [0.4, 0.5) is 5.69 Å². The summed E-state index contributed by atoms with van der Waals surface area (Å²) in [6.45, 7) is 4.53. The van der Waals surface area contributed by atoms with Gasteiger partial charge in [-0.3, -0.25) is 9.69 Å². The second-order valence-electron chi connectivity index (χ2n) is 5.32. The van der Waals surface area contributed by atoms with Crippen LogP contribution in [0, 0.1) is 6.92 Å². The first-order valence-corrected chi connectivity index (χ1v) is 8.89. The molecular formula is C19H17NO2S2. The third-order valence-electron chi connectivity index (χ3n) is 3.59. The molecule has 2 aromatic rings. The Morgan fingerprint density at radius 1 is 1.17 bits per heavy atom. The lowest BCUT2D eigenvalue weighted by atomic mass is 10.1. The molecule has 0 unspecified atom stereocenters. The number of thiocarbonyl (C=S) groups is 1. The van der Waals surface area contributed by atoms with Crippen LogP contribution in [0.5, 0.6) is 5.75 Å². The van der Waals surface area contributed by atoms with Gasteiger partial charge in [0.2, 0.25) is 0 Å². The zero-order valence-corrected chi connectivity index (χ0v) is 15.1. The average molecular weight is 355 g/mol. The maximum Gasteiger partial charge on any atom is 0.270 e. The van der Waals surface area contributed by atoms with Crippen LogP contribution >= 0.6 is 24.0 Å². The Labute approximate surface area is 151 Å². The summed E-state index contributed by atoms with van der Waals surface area (Å²) in [6.07, 6.45) is 1.85. The van der Waals surface area contributed by atoms with E-state index in [1.54, 1.807) is 4.90 Å². The van der Waals surface area contributed by atoms with Gasteiger partial charge in [-0.05, 0) is 38.1 Å². The molecule has 1 fully saturated rings. The number of ether oxygens (including phenoxy) is 1. The molecule has 122 valence electrons. The predicted molar refractivity (Wildman–Crippen MR) is 104 cm³/mol. The lowest BCUT2D eigenvalue weighted by Crippen LogP contribution is -2.27. The summed E-state index contributed by atoms with van der Waals surface area (Å²) in [7, 11) is 0. The fraction of sp³-hybridized carbons (Fsp3) is 0.158. The largest absolute Gasteiger partial charge is 0.493 e. The van der Waals surface area contributed by atoms with Crippen molar-refractivity contribution < 1.29 is 9.53 Å². The molecule has 0 saturated carbocycles. The Hall–Kier alpha value is -2.11. The van der Waals surface area contributed by atoms with Crippen molar-refractivity contribution in [3.05, 3.63) is 64.6 Å². The average Bonchev–Trinajstić information content (AvgIpc) is 2.85. The van der Waals surface area contributed by atoms with Gasteiger partial charge in [-0.2, -0.15) is 0 Å². The molecule has 2 aromatic carbocycles. The van der Waals surface area contributed by atoms with Crippen molar-refractivity contribution in [1.29, 1.82) is 0 Å². The minimum absolute atomic E-state index is 0.0971. The first-order chi connectivity index (χ1) is 11.6. The molecule has 1 heterocycles. The van der Waals surface area contributed by atoms with Gasteiger partial charge in [0.1, 0.15) is 5.75 Å². The quantitative estimate of drug-likeness (QED) is 0.582. The summed E-state index contributed by atoms with van der Waals surface area (Å²) in [6, 6.07) is 15.5. The molecule has 0 N–H and O–H groups in total. The molecule has 0 bridgehead atoms. The van der Waals surface area contributed by atoms with Gasteiger partial charge in [-0.25, -0.2) is 0 Å². The summed E-state index contributed by atoms with van der Waals surface area (Å²) >= 11 is 6.72. The van der Waals surface area contributed by atoms with E-state index in [1.807, 2.05) is 68.5 Å². The molecular weight excluding hydrogens is 338 g/mol. The summed E-state index contributed by atoms with van der Waals surface area (Å²) in [4.78, 5) is 15.0. The van der Waals surface area contributed by atoms with Crippen LogP contribution in [0.2, 0.25) is 0 Å². The van der Waals surface area contributed by atoms with E-state index in [-0.39, 0.29) is 5.91 Å². The smallest absolute Gasteiger partial charge is 0.270 e. The lowest BCUT2D eigenvalue weighted by Gasteiger charge is -2.14. The van der Waals surface area contributed by atoms with Crippen LogP contribution in [0.1, 0.15) is 18.1 Å². The molecule has 0 atom stereocenters. The van der Waals surface area contributed by atoms with E-state index >= 15 is 0 Å². The van der Waals surface area contributed by atoms with Crippen LogP contribution in [0.15, 0.2) is 53.4 Å². The monoisotopic (exact) mass is 355 g/mol. The Morgan fingerprint density at radius 3 is 2.58 bits per heavy atom. The van der Waals surface area contributed by atoms with E-state index in [0.717, 1.165) is 22.6 Å². The van der Waals surface area contributed by atoms with Crippen molar-refractivity contribution >= 4 is 46.0 Å². The van der Waals surface area contributed by atoms with Crippen molar-refractivity contribution in [3.8, 4) is 5.75 Å². The normalized spacial score (nSPS) is 16.1. The van der Waals surface area contributed by atoms with E-state index in [1.165, 1.54) is 11.8 Å². The number of hydrogen-bond acceptors (Lipinski definition) is 4. The molecule has 0 spiro atoms. The summed E-state index contributed by atoms with van der Waals surface area (Å²) in [5.74, 6) is 0.667. The first kappa shape index (κ1) is 16.7. The number of benzene rings is 2. The fourth-order valence-corrected chi connectivity index (χ4v) is 3.70. The van der Waals surface area contributed by atoms with Gasteiger partial charge in [0.15, 0.2) is 4.32 Å². The SMILES string of the molecule is CCOc1ccccc1/C=C1\SC(=S)N(c2ccc(C)cc2)C1=O. The van der Waals surface area contributed by atoms with E-state index < -0.39 is 0 Å². The number of amides is 1. The first-order valence-electron chi connectivity index (χ1n) is 7.66. The molecule has 1 aliphatic heterocycles.